The number of hydrogen-bond donors (Lipinski definition) is 2. The Balaban J connectivity index is 1.67. The normalized spacial score (nSPS) is 18.2. The first kappa shape index (κ1) is 14.3. The molecule has 0 aromatic heterocycles. The summed E-state index contributed by atoms with van der Waals surface area (Å²) in [6.07, 6.45) is 4.34. The Morgan fingerprint density at radius 2 is 2.00 bits per heavy atom. The van der Waals surface area contributed by atoms with Crippen LogP contribution in [0.3, 0.4) is 0 Å². The Morgan fingerprint density at radius 3 is 2.68 bits per heavy atom. The van der Waals surface area contributed by atoms with E-state index in [0.717, 1.165) is 50.6 Å². The van der Waals surface area contributed by atoms with Crippen molar-refractivity contribution in [2.75, 3.05) is 19.8 Å². The first-order chi connectivity index (χ1) is 9.38. The molecular formula is C15H24N2O2. The number of nitrogens with two attached hydrogens (primary N) is 1. The number of rotatable bonds is 7. The molecule has 1 fully saturated rings. The van der Waals surface area contributed by atoms with Crippen LogP contribution in [0.1, 0.15) is 25.7 Å². The summed E-state index contributed by atoms with van der Waals surface area (Å²) in [5.41, 5.74) is 2.91. The van der Waals surface area contributed by atoms with Crippen LogP contribution < -0.4 is 16.0 Å². The highest BCUT2D eigenvalue weighted by molar-refractivity contribution is 5.20. The van der Waals surface area contributed by atoms with Gasteiger partial charge in [-0.3, -0.25) is 11.3 Å². The zero-order valence-corrected chi connectivity index (χ0v) is 11.4. The van der Waals surface area contributed by atoms with E-state index in [1.54, 1.807) is 0 Å². The van der Waals surface area contributed by atoms with E-state index in [1.165, 1.54) is 0 Å². The minimum atomic E-state index is 0.326. The van der Waals surface area contributed by atoms with Crippen molar-refractivity contribution < 1.29 is 9.47 Å². The average Bonchev–Trinajstić information content (AvgIpc) is 2.48. The van der Waals surface area contributed by atoms with E-state index in [1.807, 2.05) is 30.3 Å². The van der Waals surface area contributed by atoms with Gasteiger partial charge in [0.2, 0.25) is 0 Å². The predicted octanol–water partition coefficient (Wildman–Crippen LogP) is 2.10. The Bertz CT molecular complexity index is 339. The SMILES string of the molecule is NNC(CCOc1ccccc1)CC1CCOCC1. The van der Waals surface area contributed by atoms with Crippen LogP contribution >= 0.6 is 0 Å². The quantitative estimate of drug-likeness (QED) is 0.585. The zero-order valence-electron chi connectivity index (χ0n) is 11.4. The second-order valence-corrected chi connectivity index (χ2v) is 5.11. The molecule has 3 N–H and O–H groups in total. The molecule has 1 aromatic carbocycles. The van der Waals surface area contributed by atoms with Gasteiger partial charge in [0.05, 0.1) is 6.61 Å². The first-order valence-corrected chi connectivity index (χ1v) is 7.10. The van der Waals surface area contributed by atoms with Crippen molar-refractivity contribution in [3.8, 4) is 5.75 Å². The van der Waals surface area contributed by atoms with Gasteiger partial charge in [-0.2, -0.15) is 0 Å². The fraction of sp³-hybridized carbons (Fsp3) is 0.600. The van der Waals surface area contributed by atoms with Crippen molar-refractivity contribution in [3.05, 3.63) is 30.3 Å². The van der Waals surface area contributed by atoms with E-state index < -0.39 is 0 Å². The summed E-state index contributed by atoms with van der Waals surface area (Å²) in [5, 5.41) is 0. The molecule has 0 aliphatic carbocycles. The van der Waals surface area contributed by atoms with Crippen LogP contribution in [-0.4, -0.2) is 25.9 Å². The second-order valence-electron chi connectivity index (χ2n) is 5.11. The lowest BCUT2D eigenvalue weighted by Gasteiger charge is -2.26. The summed E-state index contributed by atoms with van der Waals surface area (Å²) in [7, 11) is 0. The van der Waals surface area contributed by atoms with Crippen molar-refractivity contribution in [2.45, 2.75) is 31.7 Å². The summed E-state index contributed by atoms with van der Waals surface area (Å²) in [6.45, 7) is 2.48. The summed E-state index contributed by atoms with van der Waals surface area (Å²) < 4.78 is 11.1. The molecule has 0 amide bonds. The van der Waals surface area contributed by atoms with Gasteiger partial charge in [0, 0.05) is 19.3 Å². The van der Waals surface area contributed by atoms with Crippen molar-refractivity contribution in [2.24, 2.45) is 11.8 Å². The summed E-state index contributed by atoms with van der Waals surface area (Å²) in [6, 6.07) is 10.2. The Morgan fingerprint density at radius 1 is 1.26 bits per heavy atom. The molecule has 1 aromatic rings. The Kier molecular flexibility index (Phi) is 6.14. The molecule has 1 aliphatic rings. The van der Waals surface area contributed by atoms with Crippen molar-refractivity contribution >= 4 is 0 Å². The van der Waals surface area contributed by atoms with Gasteiger partial charge >= 0.3 is 0 Å². The van der Waals surface area contributed by atoms with Crippen LogP contribution in [0.5, 0.6) is 5.75 Å². The van der Waals surface area contributed by atoms with E-state index in [4.69, 9.17) is 15.3 Å². The third kappa shape index (κ3) is 5.19. The lowest BCUT2D eigenvalue weighted by atomic mass is 9.92. The number of para-hydroxylation sites is 1. The van der Waals surface area contributed by atoms with E-state index in [0.29, 0.717) is 12.6 Å². The number of benzene rings is 1. The lowest BCUT2D eigenvalue weighted by Crippen LogP contribution is -2.38. The summed E-state index contributed by atoms with van der Waals surface area (Å²) >= 11 is 0. The molecule has 4 heteroatoms. The minimum Gasteiger partial charge on any atom is -0.494 e. The van der Waals surface area contributed by atoms with Crippen LogP contribution in [0.4, 0.5) is 0 Å². The largest absolute Gasteiger partial charge is 0.494 e. The second kappa shape index (κ2) is 8.15. The van der Waals surface area contributed by atoms with Crippen LogP contribution in [0.15, 0.2) is 30.3 Å². The van der Waals surface area contributed by atoms with E-state index >= 15 is 0 Å². The molecule has 19 heavy (non-hydrogen) atoms. The average molecular weight is 264 g/mol. The van der Waals surface area contributed by atoms with E-state index in [-0.39, 0.29) is 0 Å². The molecule has 1 aliphatic heterocycles. The standard InChI is InChI=1S/C15H24N2O2/c16-17-14(12-13-6-9-18-10-7-13)8-11-19-15-4-2-1-3-5-15/h1-5,13-14,17H,6-12,16H2. The molecule has 2 rings (SSSR count). The molecule has 0 bridgehead atoms. The van der Waals surface area contributed by atoms with Gasteiger partial charge in [0.1, 0.15) is 5.75 Å². The van der Waals surface area contributed by atoms with E-state index in [2.05, 4.69) is 5.43 Å². The van der Waals surface area contributed by atoms with Gasteiger partial charge in [-0.15, -0.1) is 0 Å². The molecule has 1 heterocycles. The maximum atomic E-state index is 5.71. The van der Waals surface area contributed by atoms with Crippen molar-refractivity contribution in [3.63, 3.8) is 0 Å². The third-order valence-corrected chi connectivity index (χ3v) is 3.67. The fourth-order valence-corrected chi connectivity index (χ4v) is 2.49. The van der Waals surface area contributed by atoms with Gasteiger partial charge in [0.15, 0.2) is 0 Å². The van der Waals surface area contributed by atoms with Gasteiger partial charge in [-0.25, -0.2) is 0 Å². The monoisotopic (exact) mass is 264 g/mol. The van der Waals surface area contributed by atoms with Gasteiger partial charge < -0.3 is 9.47 Å². The molecule has 0 saturated carbocycles. The zero-order chi connectivity index (χ0) is 13.3. The molecule has 1 atom stereocenters. The smallest absolute Gasteiger partial charge is 0.119 e. The molecule has 1 unspecified atom stereocenters. The fourth-order valence-electron chi connectivity index (χ4n) is 2.49. The molecular weight excluding hydrogens is 240 g/mol. The van der Waals surface area contributed by atoms with Crippen LogP contribution in [-0.2, 0) is 4.74 Å². The lowest BCUT2D eigenvalue weighted by molar-refractivity contribution is 0.0596. The Hall–Kier alpha value is -1.10. The molecule has 0 radical (unpaired) electrons. The molecule has 1 saturated heterocycles. The minimum absolute atomic E-state index is 0.326. The van der Waals surface area contributed by atoms with Gasteiger partial charge in [-0.05, 0) is 43.7 Å². The maximum Gasteiger partial charge on any atom is 0.119 e. The first-order valence-electron chi connectivity index (χ1n) is 7.10. The molecule has 106 valence electrons. The number of nitrogens with one attached hydrogen (secondary N) is 1. The van der Waals surface area contributed by atoms with Gasteiger partial charge in [-0.1, -0.05) is 18.2 Å². The van der Waals surface area contributed by atoms with Gasteiger partial charge in [0.25, 0.3) is 0 Å². The van der Waals surface area contributed by atoms with Crippen molar-refractivity contribution in [1.29, 1.82) is 0 Å². The number of hydrogen-bond acceptors (Lipinski definition) is 4. The van der Waals surface area contributed by atoms with Crippen LogP contribution in [0.2, 0.25) is 0 Å². The predicted molar refractivity (Wildman–Crippen MR) is 75.8 cm³/mol. The number of ether oxygens (including phenoxy) is 2. The summed E-state index contributed by atoms with van der Waals surface area (Å²) in [5.74, 6) is 7.28. The topological polar surface area (TPSA) is 56.5 Å². The van der Waals surface area contributed by atoms with Crippen LogP contribution in [0.25, 0.3) is 0 Å². The highest BCUT2D eigenvalue weighted by atomic mass is 16.5. The highest BCUT2D eigenvalue weighted by Crippen LogP contribution is 2.21. The highest BCUT2D eigenvalue weighted by Gasteiger charge is 2.18. The molecule has 0 spiro atoms. The number of hydrazine groups is 1. The summed E-state index contributed by atoms with van der Waals surface area (Å²) in [4.78, 5) is 0. The third-order valence-electron chi connectivity index (χ3n) is 3.67. The van der Waals surface area contributed by atoms with Crippen molar-refractivity contribution in [1.82, 2.24) is 5.43 Å². The maximum absolute atomic E-state index is 5.71. The van der Waals surface area contributed by atoms with Crippen LogP contribution in [0, 0.1) is 5.92 Å². The Labute approximate surface area is 115 Å². The molecule has 4 nitrogen and oxygen atoms in total. The van der Waals surface area contributed by atoms with E-state index in [9.17, 15) is 0 Å².